The van der Waals surface area contributed by atoms with Crippen molar-refractivity contribution in [1.82, 2.24) is 4.98 Å². The first-order valence-corrected chi connectivity index (χ1v) is 6.13. The molecule has 10 heteroatoms. The van der Waals surface area contributed by atoms with Crippen LogP contribution < -0.4 is 4.90 Å². The Morgan fingerprint density at radius 1 is 1.63 bits per heavy atom. The maximum atomic E-state index is 12.4. The van der Waals surface area contributed by atoms with Gasteiger partial charge in [0.1, 0.15) is 0 Å². The first kappa shape index (κ1) is 13.6. The van der Waals surface area contributed by atoms with Crippen LogP contribution in [0, 0.1) is 5.92 Å². The molecule has 1 saturated heterocycles. The number of amides is 1. The lowest BCUT2D eigenvalue weighted by Crippen LogP contribution is -2.24. The summed E-state index contributed by atoms with van der Waals surface area (Å²) in [6, 6.07) is 0. The molecule has 0 bridgehead atoms. The molecule has 0 aliphatic carbocycles. The Hall–Kier alpha value is -1.80. The van der Waals surface area contributed by atoms with Crippen LogP contribution in [-0.4, -0.2) is 24.0 Å². The van der Waals surface area contributed by atoms with E-state index in [1.165, 1.54) is 4.90 Å². The summed E-state index contributed by atoms with van der Waals surface area (Å²) in [6.45, 7) is 0.374. The number of nitrogens with zero attached hydrogens (tertiary/aromatic N) is 5. The van der Waals surface area contributed by atoms with E-state index in [-0.39, 0.29) is 36.5 Å². The normalized spacial score (nSPS) is 19.6. The monoisotopic (exact) mass is 291 g/mol. The van der Waals surface area contributed by atoms with Gasteiger partial charge in [0.2, 0.25) is 5.91 Å². The quantitative estimate of drug-likeness (QED) is 0.487. The van der Waals surface area contributed by atoms with E-state index in [1.807, 2.05) is 0 Å². The third kappa shape index (κ3) is 2.96. The molecule has 0 spiro atoms. The number of carbonyl (C=O) groups excluding carboxylic acids is 1. The van der Waals surface area contributed by atoms with E-state index >= 15 is 0 Å². The van der Waals surface area contributed by atoms with Gasteiger partial charge in [-0.3, -0.25) is 9.69 Å². The molecule has 1 atom stereocenters. The van der Waals surface area contributed by atoms with Crippen molar-refractivity contribution in [2.75, 3.05) is 18.0 Å². The van der Waals surface area contributed by atoms with E-state index in [2.05, 4.69) is 15.0 Å². The van der Waals surface area contributed by atoms with Crippen molar-refractivity contribution < 1.29 is 18.0 Å². The molecule has 102 valence electrons. The van der Waals surface area contributed by atoms with Crippen LogP contribution in [-0.2, 0) is 11.0 Å². The topological polar surface area (TPSA) is 82.0 Å². The SMILES string of the molecule is [N-]=[N+]=NCC1CC(=O)N(c2nc(C(F)(F)F)cs2)C1. The zero-order valence-corrected chi connectivity index (χ0v) is 10.3. The van der Waals surface area contributed by atoms with Crippen LogP contribution >= 0.6 is 11.3 Å². The van der Waals surface area contributed by atoms with Gasteiger partial charge in [-0.2, -0.15) is 13.2 Å². The number of alkyl halides is 3. The van der Waals surface area contributed by atoms with E-state index in [4.69, 9.17) is 5.53 Å². The van der Waals surface area contributed by atoms with Crippen LogP contribution in [0.4, 0.5) is 18.3 Å². The second kappa shape index (κ2) is 5.06. The van der Waals surface area contributed by atoms with Crippen LogP contribution in [0.3, 0.4) is 0 Å². The van der Waals surface area contributed by atoms with Gasteiger partial charge in [-0.15, -0.1) is 11.3 Å². The molecule has 1 aromatic rings. The van der Waals surface area contributed by atoms with Crippen LogP contribution in [0.25, 0.3) is 10.4 Å². The summed E-state index contributed by atoms with van der Waals surface area (Å²) in [7, 11) is 0. The summed E-state index contributed by atoms with van der Waals surface area (Å²) in [6.07, 6.45) is -4.36. The number of rotatable bonds is 3. The highest BCUT2D eigenvalue weighted by Gasteiger charge is 2.37. The van der Waals surface area contributed by atoms with Crippen LogP contribution in [0.1, 0.15) is 12.1 Å². The van der Waals surface area contributed by atoms with Crippen molar-refractivity contribution in [2.24, 2.45) is 11.0 Å². The van der Waals surface area contributed by atoms with E-state index in [0.29, 0.717) is 0 Å². The molecule has 19 heavy (non-hydrogen) atoms. The molecule has 1 unspecified atom stereocenters. The molecule has 2 rings (SSSR count). The number of hydrogen-bond acceptors (Lipinski definition) is 4. The highest BCUT2D eigenvalue weighted by atomic mass is 32.1. The smallest absolute Gasteiger partial charge is 0.288 e. The number of halogens is 3. The van der Waals surface area contributed by atoms with Gasteiger partial charge in [0.05, 0.1) is 0 Å². The fourth-order valence-electron chi connectivity index (χ4n) is 1.76. The highest BCUT2D eigenvalue weighted by molar-refractivity contribution is 7.14. The first-order chi connectivity index (χ1) is 8.91. The first-order valence-electron chi connectivity index (χ1n) is 5.25. The van der Waals surface area contributed by atoms with Gasteiger partial charge in [0.25, 0.3) is 0 Å². The molecule has 0 aromatic carbocycles. The zero-order chi connectivity index (χ0) is 14.0. The van der Waals surface area contributed by atoms with Crippen molar-refractivity contribution >= 4 is 22.4 Å². The Morgan fingerprint density at radius 3 is 2.95 bits per heavy atom. The lowest BCUT2D eigenvalue weighted by molar-refractivity contribution is -0.140. The van der Waals surface area contributed by atoms with Crippen molar-refractivity contribution in [3.05, 3.63) is 21.5 Å². The van der Waals surface area contributed by atoms with Gasteiger partial charge in [0, 0.05) is 29.8 Å². The van der Waals surface area contributed by atoms with E-state index in [1.54, 1.807) is 0 Å². The molecule has 1 aliphatic heterocycles. The van der Waals surface area contributed by atoms with Crippen molar-refractivity contribution in [2.45, 2.75) is 12.6 Å². The largest absolute Gasteiger partial charge is 0.434 e. The number of thiazole rings is 1. The minimum Gasteiger partial charge on any atom is -0.288 e. The molecule has 0 radical (unpaired) electrons. The van der Waals surface area contributed by atoms with Gasteiger partial charge in [-0.05, 0) is 11.4 Å². The Balaban J connectivity index is 2.12. The minimum atomic E-state index is -4.51. The predicted octanol–water partition coefficient (Wildman–Crippen LogP) is 2.83. The second-order valence-electron chi connectivity index (χ2n) is 4.00. The number of aromatic nitrogens is 1. The summed E-state index contributed by atoms with van der Waals surface area (Å²) in [4.78, 5) is 18.9. The molecule has 0 N–H and O–H groups in total. The fraction of sp³-hybridized carbons (Fsp3) is 0.556. The predicted molar refractivity (Wildman–Crippen MR) is 61.6 cm³/mol. The zero-order valence-electron chi connectivity index (χ0n) is 9.46. The van der Waals surface area contributed by atoms with Gasteiger partial charge >= 0.3 is 6.18 Å². The molecule has 6 nitrogen and oxygen atoms in total. The maximum Gasteiger partial charge on any atom is 0.434 e. The standard InChI is InChI=1S/C9H8F3N5OS/c10-9(11,12)6-4-19-8(15-6)17-3-5(1-7(17)18)2-14-16-13/h4-5H,1-3H2. The second-order valence-corrected chi connectivity index (χ2v) is 4.84. The van der Waals surface area contributed by atoms with Crippen molar-refractivity contribution in [1.29, 1.82) is 0 Å². The third-order valence-electron chi connectivity index (χ3n) is 2.62. The van der Waals surface area contributed by atoms with Crippen molar-refractivity contribution in [3.8, 4) is 0 Å². The highest BCUT2D eigenvalue weighted by Crippen LogP contribution is 2.34. The molecule has 1 amide bonds. The number of azide groups is 1. The molecule has 1 aromatic heterocycles. The van der Waals surface area contributed by atoms with Gasteiger partial charge in [-0.1, -0.05) is 5.11 Å². The average molecular weight is 291 g/mol. The molecule has 0 saturated carbocycles. The van der Waals surface area contributed by atoms with E-state index in [9.17, 15) is 18.0 Å². The Bertz CT molecular complexity index is 536. The molecular formula is C9H8F3N5OS. The Kier molecular flexibility index (Phi) is 3.63. The molecule has 1 aliphatic rings. The number of anilines is 1. The van der Waals surface area contributed by atoms with E-state index < -0.39 is 11.9 Å². The van der Waals surface area contributed by atoms with Crippen LogP contribution in [0.5, 0.6) is 0 Å². The molecular weight excluding hydrogens is 283 g/mol. The minimum absolute atomic E-state index is 0.0285. The summed E-state index contributed by atoms with van der Waals surface area (Å²) < 4.78 is 37.2. The maximum absolute atomic E-state index is 12.4. The van der Waals surface area contributed by atoms with Crippen LogP contribution in [0.2, 0.25) is 0 Å². The number of carbonyl (C=O) groups is 1. The summed E-state index contributed by atoms with van der Waals surface area (Å²) >= 11 is 0.774. The van der Waals surface area contributed by atoms with Gasteiger partial charge in [-0.25, -0.2) is 4.98 Å². The molecule has 2 heterocycles. The Morgan fingerprint density at radius 2 is 2.37 bits per heavy atom. The van der Waals surface area contributed by atoms with Gasteiger partial charge < -0.3 is 0 Å². The summed E-state index contributed by atoms with van der Waals surface area (Å²) in [5.74, 6) is -0.483. The third-order valence-corrected chi connectivity index (χ3v) is 3.49. The van der Waals surface area contributed by atoms with Crippen LogP contribution in [0.15, 0.2) is 10.5 Å². The summed E-state index contributed by atoms with van der Waals surface area (Å²) in [5.41, 5.74) is 7.19. The van der Waals surface area contributed by atoms with Crippen molar-refractivity contribution in [3.63, 3.8) is 0 Å². The van der Waals surface area contributed by atoms with E-state index in [0.717, 1.165) is 16.7 Å². The lowest BCUT2D eigenvalue weighted by Gasteiger charge is -2.12. The Labute approximate surface area is 109 Å². The fourth-order valence-corrected chi connectivity index (χ4v) is 2.62. The average Bonchev–Trinajstić information content (AvgIpc) is 2.91. The van der Waals surface area contributed by atoms with Gasteiger partial charge in [0.15, 0.2) is 10.8 Å². The summed E-state index contributed by atoms with van der Waals surface area (Å²) in [5, 5.41) is 4.27. The number of hydrogen-bond donors (Lipinski definition) is 0. The molecule has 1 fully saturated rings. The lowest BCUT2D eigenvalue weighted by atomic mass is 10.1.